The van der Waals surface area contributed by atoms with E-state index >= 15 is 0 Å². The second-order valence-corrected chi connectivity index (χ2v) is 6.95. The van der Waals surface area contributed by atoms with Crippen LogP contribution in [0.4, 0.5) is 5.69 Å². The number of thioether (sulfide) groups is 1. The summed E-state index contributed by atoms with van der Waals surface area (Å²) in [7, 11) is 0. The van der Waals surface area contributed by atoms with Crippen LogP contribution >= 0.6 is 11.8 Å². The van der Waals surface area contributed by atoms with Crippen molar-refractivity contribution in [2.24, 2.45) is 0 Å². The average molecular weight is 297 g/mol. The minimum atomic E-state index is 1.03. The van der Waals surface area contributed by atoms with Crippen molar-refractivity contribution in [1.82, 2.24) is 0 Å². The third kappa shape index (κ3) is 3.82. The van der Waals surface area contributed by atoms with Gasteiger partial charge in [0.2, 0.25) is 0 Å². The first-order valence-corrected chi connectivity index (χ1v) is 8.89. The van der Waals surface area contributed by atoms with Gasteiger partial charge >= 0.3 is 0 Å². The Morgan fingerprint density at radius 2 is 1.43 bits per heavy atom. The predicted molar refractivity (Wildman–Crippen MR) is 93.5 cm³/mol. The lowest BCUT2D eigenvalue weighted by atomic mass is 10.0. The van der Waals surface area contributed by atoms with Crippen LogP contribution < -0.4 is 4.90 Å². The lowest BCUT2D eigenvalue weighted by Crippen LogP contribution is -2.17. The van der Waals surface area contributed by atoms with E-state index in [0.29, 0.717) is 0 Å². The number of hydrogen-bond acceptors (Lipinski definition) is 2. The first-order chi connectivity index (χ1) is 10.3. The van der Waals surface area contributed by atoms with Gasteiger partial charge in [0.25, 0.3) is 0 Å². The number of nitrogens with zero attached hydrogens (tertiary/aromatic N) is 1. The Bertz CT molecular complexity index is 553. The standard InChI is InChI=1S/C19H23NS/c1-2-21-19-11-7-17(8-12-19)15-16-5-9-18(10-6-16)20-13-3-4-14-20/h5-12H,2-4,13-15H2,1H3. The third-order valence-corrected chi connectivity index (χ3v) is 4.94. The highest BCUT2D eigenvalue weighted by atomic mass is 32.2. The van der Waals surface area contributed by atoms with Crippen LogP contribution in [-0.4, -0.2) is 18.8 Å². The second-order valence-electron chi connectivity index (χ2n) is 5.61. The number of benzene rings is 2. The Labute approximate surface area is 132 Å². The van der Waals surface area contributed by atoms with E-state index in [1.165, 1.54) is 47.6 Å². The Balaban J connectivity index is 1.64. The van der Waals surface area contributed by atoms with Gasteiger partial charge in [-0.05, 0) is 60.4 Å². The molecule has 0 N–H and O–H groups in total. The molecule has 0 bridgehead atoms. The minimum Gasteiger partial charge on any atom is -0.372 e. The summed E-state index contributed by atoms with van der Waals surface area (Å²) < 4.78 is 0. The molecule has 2 aromatic rings. The van der Waals surface area contributed by atoms with E-state index in [2.05, 4.69) is 60.4 Å². The maximum absolute atomic E-state index is 2.49. The molecule has 21 heavy (non-hydrogen) atoms. The summed E-state index contributed by atoms with van der Waals surface area (Å²) in [5.74, 6) is 1.14. The molecule has 0 unspecified atom stereocenters. The average Bonchev–Trinajstić information content (AvgIpc) is 3.05. The highest BCUT2D eigenvalue weighted by Crippen LogP contribution is 2.22. The van der Waals surface area contributed by atoms with E-state index in [9.17, 15) is 0 Å². The van der Waals surface area contributed by atoms with Crippen molar-refractivity contribution in [2.45, 2.75) is 31.1 Å². The largest absolute Gasteiger partial charge is 0.372 e. The van der Waals surface area contributed by atoms with Crippen molar-refractivity contribution in [3.63, 3.8) is 0 Å². The molecule has 0 amide bonds. The summed E-state index contributed by atoms with van der Waals surface area (Å²) in [5.41, 5.74) is 4.17. The lowest BCUT2D eigenvalue weighted by Gasteiger charge is -2.17. The van der Waals surface area contributed by atoms with Crippen molar-refractivity contribution in [3.8, 4) is 0 Å². The van der Waals surface area contributed by atoms with Gasteiger partial charge in [-0.15, -0.1) is 11.8 Å². The molecule has 1 fully saturated rings. The molecule has 0 atom stereocenters. The highest BCUT2D eigenvalue weighted by Gasteiger charge is 2.11. The summed E-state index contributed by atoms with van der Waals surface area (Å²) in [4.78, 5) is 3.85. The Kier molecular flexibility index (Phi) is 4.87. The lowest BCUT2D eigenvalue weighted by molar-refractivity contribution is 0.949. The zero-order valence-electron chi connectivity index (χ0n) is 12.7. The zero-order valence-corrected chi connectivity index (χ0v) is 13.5. The van der Waals surface area contributed by atoms with Gasteiger partial charge in [-0.1, -0.05) is 31.2 Å². The van der Waals surface area contributed by atoms with Crippen LogP contribution in [0.1, 0.15) is 30.9 Å². The maximum Gasteiger partial charge on any atom is 0.0366 e. The summed E-state index contributed by atoms with van der Waals surface area (Å²) >= 11 is 1.90. The van der Waals surface area contributed by atoms with Crippen molar-refractivity contribution in [2.75, 3.05) is 23.7 Å². The molecular formula is C19H23NS. The summed E-state index contributed by atoms with van der Waals surface area (Å²) in [6.07, 6.45) is 3.70. The summed E-state index contributed by atoms with van der Waals surface area (Å²) in [6.45, 7) is 4.63. The van der Waals surface area contributed by atoms with Gasteiger partial charge in [0, 0.05) is 23.7 Å². The number of hydrogen-bond donors (Lipinski definition) is 0. The van der Waals surface area contributed by atoms with E-state index in [0.717, 1.165) is 12.2 Å². The molecule has 1 nitrogen and oxygen atoms in total. The van der Waals surface area contributed by atoms with Crippen molar-refractivity contribution in [1.29, 1.82) is 0 Å². The van der Waals surface area contributed by atoms with Crippen LogP contribution in [0.5, 0.6) is 0 Å². The molecule has 110 valence electrons. The van der Waals surface area contributed by atoms with Crippen LogP contribution in [0.2, 0.25) is 0 Å². The molecule has 0 aliphatic carbocycles. The molecule has 0 aromatic heterocycles. The molecule has 0 saturated carbocycles. The molecule has 1 aliphatic heterocycles. The van der Waals surface area contributed by atoms with E-state index in [-0.39, 0.29) is 0 Å². The van der Waals surface area contributed by atoms with Crippen LogP contribution in [0, 0.1) is 0 Å². The minimum absolute atomic E-state index is 1.03. The van der Waals surface area contributed by atoms with E-state index in [1.54, 1.807) is 0 Å². The van der Waals surface area contributed by atoms with Gasteiger partial charge in [-0.25, -0.2) is 0 Å². The Morgan fingerprint density at radius 1 is 0.857 bits per heavy atom. The van der Waals surface area contributed by atoms with Gasteiger partial charge in [0.1, 0.15) is 0 Å². The van der Waals surface area contributed by atoms with Gasteiger partial charge < -0.3 is 4.90 Å². The Morgan fingerprint density at radius 3 is 2.00 bits per heavy atom. The topological polar surface area (TPSA) is 3.24 Å². The summed E-state index contributed by atoms with van der Waals surface area (Å²) in [5, 5.41) is 0. The predicted octanol–water partition coefficient (Wildman–Crippen LogP) is 4.99. The Hall–Kier alpha value is -1.41. The molecular weight excluding hydrogens is 274 g/mol. The first kappa shape index (κ1) is 14.5. The van der Waals surface area contributed by atoms with Gasteiger partial charge in [-0.2, -0.15) is 0 Å². The highest BCUT2D eigenvalue weighted by molar-refractivity contribution is 7.99. The second kappa shape index (κ2) is 7.04. The fourth-order valence-corrected chi connectivity index (χ4v) is 3.57. The van der Waals surface area contributed by atoms with E-state index < -0.39 is 0 Å². The number of rotatable bonds is 5. The van der Waals surface area contributed by atoms with Gasteiger partial charge in [0.15, 0.2) is 0 Å². The molecule has 2 aromatic carbocycles. The molecule has 1 aliphatic rings. The molecule has 2 heteroatoms. The molecule has 3 rings (SSSR count). The van der Waals surface area contributed by atoms with Crippen LogP contribution in [0.15, 0.2) is 53.4 Å². The van der Waals surface area contributed by atoms with Crippen molar-refractivity contribution >= 4 is 17.4 Å². The van der Waals surface area contributed by atoms with Gasteiger partial charge in [0.05, 0.1) is 0 Å². The van der Waals surface area contributed by atoms with Crippen molar-refractivity contribution < 1.29 is 0 Å². The normalized spacial score (nSPS) is 14.6. The van der Waals surface area contributed by atoms with Crippen LogP contribution in [-0.2, 0) is 6.42 Å². The molecule has 1 saturated heterocycles. The molecule has 0 radical (unpaired) electrons. The fourth-order valence-electron chi connectivity index (χ4n) is 2.91. The van der Waals surface area contributed by atoms with E-state index in [1.807, 2.05) is 11.8 Å². The van der Waals surface area contributed by atoms with E-state index in [4.69, 9.17) is 0 Å². The van der Waals surface area contributed by atoms with Crippen LogP contribution in [0.3, 0.4) is 0 Å². The zero-order chi connectivity index (χ0) is 14.5. The smallest absolute Gasteiger partial charge is 0.0366 e. The quantitative estimate of drug-likeness (QED) is 0.715. The monoisotopic (exact) mass is 297 g/mol. The fraction of sp³-hybridized carbons (Fsp3) is 0.368. The third-order valence-electron chi connectivity index (χ3n) is 4.05. The molecule has 0 spiro atoms. The first-order valence-electron chi connectivity index (χ1n) is 7.91. The maximum atomic E-state index is 2.49. The number of anilines is 1. The van der Waals surface area contributed by atoms with Crippen LogP contribution in [0.25, 0.3) is 0 Å². The summed E-state index contributed by atoms with van der Waals surface area (Å²) in [6, 6.07) is 18.1. The van der Waals surface area contributed by atoms with Gasteiger partial charge in [-0.3, -0.25) is 0 Å². The molecule has 1 heterocycles. The SMILES string of the molecule is CCSc1ccc(Cc2ccc(N3CCCC3)cc2)cc1. The van der Waals surface area contributed by atoms with Crippen molar-refractivity contribution in [3.05, 3.63) is 59.7 Å².